The topological polar surface area (TPSA) is 38.6 Å². The molecule has 0 bridgehead atoms. The number of pyridine rings is 1. The minimum Gasteiger partial charge on any atom is -0.496 e. The zero-order valence-electron chi connectivity index (χ0n) is 16.1. The van der Waals surface area contributed by atoms with E-state index in [9.17, 15) is 0 Å². The summed E-state index contributed by atoms with van der Waals surface area (Å²) in [6.45, 7) is 2.83. The lowest BCUT2D eigenvalue weighted by Crippen LogP contribution is -2.04. The monoisotopic (exact) mass is 369 g/mol. The van der Waals surface area contributed by atoms with Crippen LogP contribution < -0.4 is 10.1 Å². The number of aryl methyl sites for hydroxylation is 1. The van der Waals surface area contributed by atoms with Crippen LogP contribution in [0.1, 0.15) is 22.5 Å². The fourth-order valence-corrected chi connectivity index (χ4v) is 3.31. The molecule has 140 valence electrons. The Kier molecular flexibility index (Phi) is 5.11. The van der Waals surface area contributed by atoms with Gasteiger partial charge in [0.1, 0.15) is 22.9 Å². The van der Waals surface area contributed by atoms with Gasteiger partial charge < -0.3 is 10.1 Å². The maximum Gasteiger partial charge on any atom is 0.139 e. The Morgan fingerprint density at radius 1 is 0.929 bits per heavy atom. The predicted octanol–water partition coefficient (Wildman–Crippen LogP) is 5.43. The number of para-hydroxylation sites is 1. The molecule has 2 heterocycles. The number of nitrogens with one attached hydrogen (secondary N) is 1. The molecule has 0 saturated heterocycles. The first kappa shape index (κ1) is 17.9. The average Bonchev–Trinajstić information content (AvgIpc) is 3.10. The zero-order chi connectivity index (χ0) is 19.3. The Labute approximate surface area is 165 Å². The van der Waals surface area contributed by atoms with Crippen molar-refractivity contribution in [3.8, 4) is 5.75 Å². The van der Waals surface area contributed by atoms with Gasteiger partial charge >= 0.3 is 0 Å². The van der Waals surface area contributed by atoms with Crippen molar-refractivity contribution < 1.29 is 4.74 Å². The van der Waals surface area contributed by atoms with Crippen LogP contribution in [0.25, 0.3) is 17.8 Å². The first-order valence-corrected chi connectivity index (χ1v) is 9.33. The van der Waals surface area contributed by atoms with E-state index in [-0.39, 0.29) is 0 Å². The fraction of sp³-hybridized carbons (Fsp3) is 0.125. The van der Waals surface area contributed by atoms with E-state index in [1.807, 2.05) is 54.6 Å². The number of aromatic nitrogens is 2. The van der Waals surface area contributed by atoms with Gasteiger partial charge in [0.05, 0.1) is 7.11 Å². The molecule has 4 nitrogen and oxygen atoms in total. The molecule has 2 aromatic heterocycles. The number of hydrogen-bond acceptors (Lipinski definition) is 3. The van der Waals surface area contributed by atoms with Crippen LogP contribution in [0.4, 0.5) is 5.82 Å². The van der Waals surface area contributed by atoms with Gasteiger partial charge in [0.2, 0.25) is 0 Å². The van der Waals surface area contributed by atoms with Crippen LogP contribution in [0.5, 0.6) is 5.75 Å². The second-order valence-electron chi connectivity index (χ2n) is 6.62. The van der Waals surface area contributed by atoms with Gasteiger partial charge in [0, 0.05) is 17.8 Å². The fourth-order valence-electron chi connectivity index (χ4n) is 3.31. The Morgan fingerprint density at radius 3 is 2.54 bits per heavy atom. The predicted molar refractivity (Wildman–Crippen MR) is 116 cm³/mol. The normalized spacial score (nSPS) is 11.2. The maximum absolute atomic E-state index is 5.45. The van der Waals surface area contributed by atoms with Crippen molar-refractivity contribution >= 4 is 23.6 Å². The average molecular weight is 369 g/mol. The summed E-state index contributed by atoms with van der Waals surface area (Å²) in [5.41, 5.74) is 5.21. The first-order valence-electron chi connectivity index (χ1n) is 9.33. The lowest BCUT2D eigenvalue weighted by Gasteiger charge is -2.10. The summed E-state index contributed by atoms with van der Waals surface area (Å²) in [6, 6.07) is 24.5. The summed E-state index contributed by atoms with van der Waals surface area (Å²) in [5, 5.41) is 3.58. The summed E-state index contributed by atoms with van der Waals surface area (Å²) in [4.78, 5) is 4.83. The number of imidazole rings is 1. The summed E-state index contributed by atoms with van der Waals surface area (Å²) in [7, 11) is 1.69. The minimum atomic E-state index is 0.735. The van der Waals surface area contributed by atoms with Crippen molar-refractivity contribution in [1.82, 2.24) is 9.38 Å². The van der Waals surface area contributed by atoms with E-state index in [0.717, 1.165) is 40.7 Å². The molecule has 4 aromatic rings. The van der Waals surface area contributed by atoms with Crippen LogP contribution in [0.2, 0.25) is 0 Å². The molecule has 0 saturated carbocycles. The second kappa shape index (κ2) is 8.01. The van der Waals surface area contributed by atoms with Gasteiger partial charge in [-0.05, 0) is 42.8 Å². The molecule has 0 aliphatic rings. The highest BCUT2D eigenvalue weighted by molar-refractivity contribution is 5.77. The van der Waals surface area contributed by atoms with Crippen molar-refractivity contribution in [3.63, 3.8) is 0 Å². The summed E-state index contributed by atoms with van der Waals surface area (Å²) in [5.74, 6) is 1.83. The van der Waals surface area contributed by atoms with Gasteiger partial charge in [-0.3, -0.25) is 4.40 Å². The molecular weight excluding hydrogens is 346 g/mol. The Balaban J connectivity index is 1.73. The Morgan fingerprint density at radius 2 is 1.71 bits per heavy atom. The van der Waals surface area contributed by atoms with Gasteiger partial charge in [0.25, 0.3) is 0 Å². The number of rotatable bonds is 6. The van der Waals surface area contributed by atoms with Gasteiger partial charge in [0.15, 0.2) is 0 Å². The third kappa shape index (κ3) is 3.62. The molecule has 0 spiro atoms. The molecule has 1 N–H and O–H groups in total. The van der Waals surface area contributed by atoms with Crippen LogP contribution in [-0.2, 0) is 6.54 Å². The number of benzene rings is 2. The largest absolute Gasteiger partial charge is 0.496 e. The molecule has 0 atom stereocenters. The number of fused-ring (bicyclic) bond motifs is 1. The SMILES string of the molecule is COc1ccccc1/C=C/c1nc2cccc(C)n2c1NCc1ccccc1. The van der Waals surface area contributed by atoms with Crippen LogP contribution in [0.3, 0.4) is 0 Å². The lowest BCUT2D eigenvalue weighted by atomic mass is 10.1. The quantitative estimate of drug-likeness (QED) is 0.492. The van der Waals surface area contributed by atoms with Crippen molar-refractivity contribution in [3.05, 3.63) is 95.3 Å². The number of nitrogens with zero attached hydrogens (tertiary/aromatic N) is 2. The molecular formula is C24H23N3O. The van der Waals surface area contributed by atoms with Crippen molar-refractivity contribution in [1.29, 1.82) is 0 Å². The van der Waals surface area contributed by atoms with Gasteiger partial charge in [-0.25, -0.2) is 4.98 Å². The molecule has 0 unspecified atom stereocenters. The molecule has 0 amide bonds. The number of anilines is 1. The van der Waals surface area contributed by atoms with Gasteiger partial charge in [-0.15, -0.1) is 0 Å². The maximum atomic E-state index is 5.45. The Bertz CT molecular complexity index is 1110. The zero-order valence-corrected chi connectivity index (χ0v) is 16.1. The molecule has 0 radical (unpaired) electrons. The van der Waals surface area contributed by atoms with Crippen LogP contribution >= 0.6 is 0 Å². The van der Waals surface area contributed by atoms with E-state index < -0.39 is 0 Å². The first-order chi connectivity index (χ1) is 13.8. The second-order valence-corrected chi connectivity index (χ2v) is 6.62. The molecule has 4 rings (SSSR count). The van der Waals surface area contributed by atoms with E-state index in [1.165, 1.54) is 5.56 Å². The van der Waals surface area contributed by atoms with E-state index in [0.29, 0.717) is 0 Å². The number of hydrogen-bond donors (Lipinski definition) is 1. The number of methoxy groups -OCH3 is 1. The third-order valence-electron chi connectivity index (χ3n) is 4.73. The lowest BCUT2D eigenvalue weighted by molar-refractivity contribution is 0.414. The van der Waals surface area contributed by atoms with E-state index in [1.54, 1.807) is 7.11 Å². The summed E-state index contributed by atoms with van der Waals surface area (Å²) < 4.78 is 7.61. The molecule has 4 heteroatoms. The molecule has 2 aromatic carbocycles. The van der Waals surface area contributed by atoms with Gasteiger partial charge in [-0.2, -0.15) is 0 Å². The van der Waals surface area contributed by atoms with Crippen molar-refractivity contribution in [2.45, 2.75) is 13.5 Å². The third-order valence-corrected chi connectivity index (χ3v) is 4.73. The highest BCUT2D eigenvalue weighted by atomic mass is 16.5. The van der Waals surface area contributed by atoms with E-state index >= 15 is 0 Å². The molecule has 0 aliphatic heterocycles. The highest BCUT2D eigenvalue weighted by Gasteiger charge is 2.11. The summed E-state index contributed by atoms with van der Waals surface area (Å²) in [6.07, 6.45) is 4.08. The minimum absolute atomic E-state index is 0.735. The van der Waals surface area contributed by atoms with Gasteiger partial charge in [-0.1, -0.05) is 54.6 Å². The van der Waals surface area contributed by atoms with Crippen molar-refractivity contribution in [2.24, 2.45) is 0 Å². The van der Waals surface area contributed by atoms with Crippen LogP contribution in [0.15, 0.2) is 72.8 Å². The molecule has 0 fully saturated rings. The molecule has 0 aliphatic carbocycles. The van der Waals surface area contributed by atoms with E-state index in [4.69, 9.17) is 9.72 Å². The van der Waals surface area contributed by atoms with E-state index in [2.05, 4.69) is 47.0 Å². The van der Waals surface area contributed by atoms with Crippen LogP contribution in [-0.4, -0.2) is 16.5 Å². The standard InChI is InChI=1S/C24H23N3O/c1-18-9-8-14-23-26-21(16-15-20-12-6-7-13-22(20)28-2)24(27(18)23)25-17-19-10-4-3-5-11-19/h3-16,25H,17H2,1-2H3/b16-15+. The molecule has 28 heavy (non-hydrogen) atoms. The Hall–Kier alpha value is -3.53. The van der Waals surface area contributed by atoms with Crippen LogP contribution in [0, 0.1) is 6.92 Å². The smallest absolute Gasteiger partial charge is 0.139 e. The van der Waals surface area contributed by atoms with Crippen molar-refractivity contribution in [2.75, 3.05) is 12.4 Å². The number of ether oxygens (including phenoxy) is 1. The highest BCUT2D eigenvalue weighted by Crippen LogP contribution is 2.25. The summed E-state index contributed by atoms with van der Waals surface area (Å²) >= 11 is 0.